The first-order valence-electron chi connectivity index (χ1n) is 4.37. The van der Waals surface area contributed by atoms with Crippen LogP contribution in [-0.2, 0) is 9.53 Å². The molecule has 0 spiro atoms. The molecule has 2 rings (SSSR count). The van der Waals surface area contributed by atoms with Crippen molar-refractivity contribution in [1.82, 2.24) is 0 Å². The van der Waals surface area contributed by atoms with Crippen molar-refractivity contribution in [3.63, 3.8) is 0 Å². The number of ether oxygens (including phenoxy) is 1. The van der Waals surface area contributed by atoms with Gasteiger partial charge in [0.05, 0.1) is 12.5 Å². The Bertz CT molecular complexity index is 343. The van der Waals surface area contributed by atoms with Crippen molar-refractivity contribution in [2.75, 3.05) is 0 Å². The summed E-state index contributed by atoms with van der Waals surface area (Å²) in [6.07, 6.45) is 7.62. The minimum absolute atomic E-state index is 0.200. The zero-order valence-electron chi connectivity index (χ0n) is 7.83. The highest BCUT2D eigenvalue weighted by atomic mass is 16.5. The zero-order chi connectivity index (χ0) is 9.47. The van der Waals surface area contributed by atoms with Crippen molar-refractivity contribution >= 4 is 5.78 Å². The Morgan fingerprint density at radius 1 is 1.46 bits per heavy atom. The van der Waals surface area contributed by atoms with Gasteiger partial charge in [-0.2, -0.15) is 0 Å². The van der Waals surface area contributed by atoms with Crippen LogP contribution in [0.1, 0.15) is 20.3 Å². The van der Waals surface area contributed by atoms with E-state index in [9.17, 15) is 4.79 Å². The van der Waals surface area contributed by atoms with Crippen LogP contribution in [0.4, 0.5) is 0 Å². The fourth-order valence-corrected chi connectivity index (χ4v) is 1.59. The van der Waals surface area contributed by atoms with Gasteiger partial charge >= 0.3 is 0 Å². The zero-order valence-corrected chi connectivity index (χ0v) is 7.83. The maximum Gasteiger partial charge on any atom is 0.162 e. The van der Waals surface area contributed by atoms with Crippen LogP contribution in [0.3, 0.4) is 0 Å². The molecule has 0 radical (unpaired) electrons. The number of carbonyl (C=O) groups excluding carboxylic acids is 1. The van der Waals surface area contributed by atoms with Crippen molar-refractivity contribution in [2.24, 2.45) is 5.41 Å². The smallest absolute Gasteiger partial charge is 0.162 e. The summed E-state index contributed by atoms with van der Waals surface area (Å²) in [7, 11) is 0. The molecule has 0 bridgehead atoms. The van der Waals surface area contributed by atoms with Gasteiger partial charge in [-0.3, -0.25) is 4.79 Å². The Morgan fingerprint density at radius 2 is 2.23 bits per heavy atom. The lowest BCUT2D eigenvalue weighted by Gasteiger charge is -2.29. The average Bonchev–Trinajstić information content (AvgIpc) is 2.06. The maximum absolute atomic E-state index is 11.6. The second-order valence-corrected chi connectivity index (χ2v) is 4.11. The topological polar surface area (TPSA) is 26.3 Å². The number of fused-ring (bicyclic) bond motifs is 1. The predicted octanol–water partition coefficient (Wildman–Crippen LogP) is 2.34. The Kier molecular flexibility index (Phi) is 1.65. The van der Waals surface area contributed by atoms with Gasteiger partial charge < -0.3 is 4.74 Å². The predicted molar refractivity (Wildman–Crippen MR) is 49.8 cm³/mol. The molecular weight excluding hydrogens is 164 g/mol. The fraction of sp³-hybridized carbons (Fsp3) is 0.364. The van der Waals surface area contributed by atoms with E-state index in [2.05, 4.69) is 0 Å². The molecule has 68 valence electrons. The molecule has 0 aromatic rings. The summed E-state index contributed by atoms with van der Waals surface area (Å²) in [4.78, 5) is 11.6. The van der Waals surface area contributed by atoms with Crippen molar-refractivity contribution in [3.8, 4) is 0 Å². The lowest BCUT2D eigenvalue weighted by atomic mass is 9.75. The molecule has 2 aliphatic rings. The van der Waals surface area contributed by atoms with Gasteiger partial charge in [-0.15, -0.1) is 0 Å². The number of hydrogen-bond donors (Lipinski definition) is 0. The highest BCUT2D eigenvalue weighted by Gasteiger charge is 2.32. The molecule has 2 nitrogen and oxygen atoms in total. The second kappa shape index (κ2) is 2.59. The molecule has 1 aliphatic heterocycles. The average molecular weight is 176 g/mol. The summed E-state index contributed by atoms with van der Waals surface area (Å²) >= 11 is 0. The van der Waals surface area contributed by atoms with Crippen LogP contribution in [0, 0.1) is 5.41 Å². The molecule has 0 saturated carbocycles. The monoisotopic (exact) mass is 176 g/mol. The molecule has 0 aromatic carbocycles. The van der Waals surface area contributed by atoms with Crippen molar-refractivity contribution in [2.45, 2.75) is 20.3 Å². The van der Waals surface area contributed by atoms with Crippen LogP contribution in [0.2, 0.25) is 0 Å². The minimum atomic E-state index is -0.274. The first-order valence-corrected chi connectivity index (χ1v) is 4.37. The molecule has 2 heteroatoms. The van der Waals surface area contributed by atoms with E-state index in [-0.39, 0.29) is 11.2 Å². The number of hydrogen-bond acceptors (Lipinski definition) is 2. The third-order valence-corrected chi connectivity index (χ3v) is 2.49. The van der Waals surface area contributed by atoms with Crippen molar-refractivity contribution in [3.05, 3.63) is 35.8 Å². The molecule has 0 aromatic heterocycles. The Morgan fingerprint density at radius 3 is 3.00 bits per heavy atom. The van der Waals surface area contributed by atoms with E-state index in [1.165, 1.54) is 0 Å². The molecule has 0 fully saturated rings. The van der Waals surface area contributed by atoms with E-state index in [1.54, 1.807) is 18.6 Å². The van der Waals surface area contributed by atoms with Crippen LogP contribution in [0.15, 0.2) is 35.8 Å². The van der Waals surface area contributed by atoms with Crippen LogP contribution in [0.25, 0.3) is 0 Å². The third-order valence-electron chi connectivity index (χ3n) is 2.49. The maximum atomic E-state index is 11.6. The highest BCUT2D eigenvalue weighted by Crippen LogP contribution is 2.36. The van der Waals surface area contributed by atoms with E-state index in [0.717, 1.165) is 17.6 Å². The van der Waals surface area contributed by atoms with Crippen molar-refractivity contribution < 1.29 is 9.53 Å². The molecule has 1 aliphatic carbocycles. The largest absolute Gasteiger partial charge is 0.472 e. The first-order chi connectivity index (χ1) is 6.09. The normalized spacial score (nSPS) is 24.3. The summed E-state index contributed by atoms with van der Waals surface area (Å²) in [5.74, 6) is 0.200. The van der Waals surface area contributed by atoms with Gasteiger partial charge in [0, 0.05) is 5.41 Å². The summed E-state index contributed by atoms with van der Waals surface area (Å²) in [6, 6.07) is 0. The fourth-order valence-electron chi connectivity index (χ4n) is 1.59. The van der Waals surface area contributed by atoms with Gasteiger partial charge in [0.2, 0.25) is 0 Å². The molecule has 0 N–H and O–H groups in total. The van der Waals surface area contributed by atoms with E-state index in [1.807, 2.05) is 19.9 Å². The second-order valence-electron chi connectivity index (χ2n) is 4.11. The summed E-state index contributed by atoms with van der Waals surface area (Å²) < 4.78 is 5.07. The summed E-state index contributed by atoms with van der Waals surface area (Å²) in [5.41, 5.74) is 1.84. The van der Waals surface area contributed by atoms with Gasteiger partial charge in [-0.1, -0.05) is 13.8 Å². The molecule has 13 heavy (non-hydrogen) atoms. The molecule has 0 atom stereocenters. The van der Waals surface area contributed by atoms with Gasteiger partial charge in [0.25, 0.3) is 0 Å². The van der Waals surface area contributed by atoms with Crippen LogP contribution in [-0.4, -0.2) is 5.78 Å². The Hall–Kier alpha value is -1.31. The Balaban J connectivity index is 2.43. The molecule has 0 amide bonds. The van der Waals surface area contributed by atoms with Gasteiger partial charge in [0.15, 0.2) is 5.78 Å². The highest BCUT2D eigenvalue weighted by molar-refractivity contribution is 5.97. The van der Waals surface area contributed by atoms with Gasteiger partial charge in [0.1, 0.15) is 0 Å². The van der Waals surface area contributed by atoms with E-state index < -0.39 is 0 Å². The lowest BCUT2D eigenvalue weighted by Crippen LogP contribution is -2.27. The summed E-state index contributed by atoms with van der Waals surface area (Å²) in [5, 5.41) is 0. The number of allylic oxidation sites excluding steroid dienone is 4. The number of ketones is 1. The van der Waals surface area contributed by atoms with E-state index in [4.69, 9.17) is 4.74 Å². The van der Waals surface area contributed by atoms with E-state index >= 15 is 0 Å². The van der Waals surface area contributed by atoms with Crippen molar-refractivity contribution in [1.29, 1.82) is 0 Å². The van der Waals surface area contributed by atoms with E-state index in [0.29, 0.717) is 0 Å². The third kappa shape index (κ3) is 1.32. The molecule has 1 heterocycles. The van der Waals surface area contributed by atoms with Crippen LogP contribution >= 0.6 is 0 Å². The molecular formula is C11H12O2. The Labute approximate surface area is 77.6 Å². The van der Waals surface area contributed by atoms with Crippen LogP contribution in [0.5, 0.6) is 0 Å². The standard InChI is InChI=1S/C11H12O2/c1-11(2)6-9-7-13-4-3-8(9)5-10(11)12/h3-5,7H,6H2,1-2H3. The number of carbonyl (C=O) groups is 1. The quantitative estimate of drug-likeness (QED) is 0.566. The SMILES string of the molecule is CC1(C)CC2=COC=CC2=CC1=O. The van der Waals surface area contributed by atoms with Gasteiger partial charge in [-0.25, -0.2) is 0 Å². The summed E-state index contributed by atoms with van der Waals surface area (Å²) in [6.45, 7) is 3.92. The molecule has 0 unspecified atom stereocenters. The number of rotatable bonds is 0. The molecule has 0 saturated heterocycles. The minimum Gasteiger partial charge on any atom is -0.472 e. The van der Waals surface area contributed by atoms with Crippen LogP contribution < -0.4 is 0 Å². The first kappa shape index (κ1) is 8.30. The van der Waals surface area contributed by atoms with Gasteiger partial charge in [-0.05, 0) is 29.7 Å². The lowest BCUT2D eigenvalue weighted by molar-refractivity contribution is -0.122.